The third-order valence-electron chi connectivity index (χ3n) is 3.95. The molecule has 2 aromatic heterocycles. The van der Waals surface area contributed by atoms with Crippen molar-refractivity contribution in [3.05, 3.63) is 44.5 Å². The van der Waals surface area contributed by atoms with E-state index in [1.54, 1.807) is 6.07 Å². The Hall–Kier alpha value is -2.26. The lowest BCUT2D eigenvalue weighted by Gasteiger charge is -2.11. The van der Waals surface area contributed by atoms with Crippen molar-refractivity contribution in [1.29, 1.82) is 0 Å². The third kappa shape index (κ3) is 4.10. The van der Waals surface area contributed by atoms with Gasteiger partial charge in [-0.25, -0.2) is 4.79 Å². The Balaban J connectivity index is 1.66. The summed E-state index contributed by atoms with van der Waals surface area (Å²) in [6, 6.07) is 1.55. The standard InChI is InChI=1S/C17H16BrN3O4S/c18-10-5-9(6-20-7-10)17(24)25-8-13(22)21-16-14(15(19)23)11-3-1-2-4-12(11)26-16/h5-7H,1-4,8H2,(H2,19,23)(H,21,22). The summed E-state index contributed by atoms with van der Waals surface area (Å²) in [6.07, 6.45) is 6.59. The molecule has 0 saturated carbocycles. The van der Waals surface area contributed by atoms with Gasteiger partial charge in [-0.15, -0.1) is 11.3 Å². The van der Waals surface area contributed by atoms with E-state index in [0.717, 1.165) is 36.1 Å². The van der Waals surface area contributed by atoms with Crippen LogP contribution in [0.4, 0.5) is 5.00 Å². The molecule has 0 aromatic carbocycles. The van der Waals surface area contributed by atoms with Crippen LogP contribution in [0.1, 0.15) is 44.0 Å². The number of hydrogen-bond acceptors (Lipinski definition) is 6. The Morgan fingerprint density at radius 2 is 2.04 bits per heavy atom. The second kappa shape index (κ2) is 7.96. The first-order valence-electron chi connectivity index (χ1n) is 7.97. The molecular weight excluding hydrogens is 422 g/mol. The molecule has 0 aliphatic heterocycles. The summed E-state index contributed by atoms with van der Waals surface area (Å²) in [7, 11) is 0. The van der Waals surface area contributed by atoms with Crippen LogP contribution in [0.15, 0.2) is 22.9 Å². The zero-order valence-corrected chi connectivity index (χ0v) is 16.1. The highest BCUT2D eigenvalue weighted by Crippen LogP contribution is 2.37. The number of ether oxygens (including phenoxy) is 1. The van der Waals surface area contributed by atoms with Crippen molar-refractivity contribution in [3.63, 3.8) is 0 Å². The van der Waals surface area contributed by atoms with Crippen molar-refractivity contribution in [1.82, 2.24) is 4.98 Å². The molecule has 2 heterocycles. The molecule has 9 heteroatoms. The molecule has 0 atom stereocenters. The van der Waals surface area contributed by atoms with E-state index in [4.69, 9.17) is 10.5 Å². The van der Waals surface area contributed by atoms with Crippen molar-refractivity contribution in [2.24, 2.45) is 5.73 Å². The fourth-order valence-electron chi connectivity index (χ4n) is 2.82. The van der Waals surface area contributed by atoms with Gasteiger partial charge in [0.05, 0.1) is 11.1 Å². The lowest BCUT2D eigenvalue weighted by molar-refractivity contribution is -0.119. The van der Waals surface area contributed by atoms with Crippen LogP contribution in [-0.2, 0) is 22.4 Å². The largest absolute Gasteiger partial charge is 0.452 e. The fraction of sp³-hybridized carbons (Fsp3) is 0.294. The number of esters is 1. The first-order chi connectivity index (χ1) is 12.5. The Labute approximate surface area is 162 Å². The number of carbonyl (C=O) groups is 3. The molecule has 3 N–H and O–H groups in total. The smallest absolute Gasteiger partial charge is 0.340 e. The average Bonchev–Trinajstić information content (AvgIpc) is 2.97. The summed E-state index contributed by atoms with van der Waals surface area (Å²) in [6.45, 7) is -0.466. The van der Waals surface area contributed by atoms with Crippen LogP contribution >= 0.6 is 27.3 Å². The van der Waals surface area contributed by atoms with E-state index in [1.807, 2.05) is 0 Å². The molecule has 0 unspecified atom stereocenters. The Morgan fingerprint density at radius 3 is 2.77 bits per heavy atom. The molecule has 1 aliphatic rings. The topological polar surface area (TPSA) is 111 Å². The molecule has 0 saturated heterocycles. The minimum absolute atomic E-state index is 0.233. The lowest BCUT2D eigenvalue weighted by Crippen LogP contribution is -2.23. The van der Waals surface area contributed by atoms with Crippen LogP contribution in [0, 0.1) is 0 Å². The number of carbonyl (C=O) groups excluding carboxylic acids is 3. The molecule has 0 radical (unpaired) electrons. The number of primary amides is 1. The molecule has 7 nitrogen and oxygen atoms in total. The normalized spacial score (nSPS) is 13.0. The number of nitrogens with one attached hydrogen (secondary N) is 1. The van der Waals surface area contributed by atoms with E-state index in [0.29, 0.717) is 15.0 Å². The molecule has 26 heavy (non-hydrogen) atoms. The molecule has 1 aliphatic carbocycles. The van der Waals surface area contributed by atoms with Gasteiger partial charge >= 0.3 is 5.97 Å². The number of pyridine rings is 1. The van der Waals surface area contributed by atoms with Crippen molar-refractivity contribution in [2.75, 3.05) is 11.9 Å². The monoisotopic (exact) mass is 437 g/mol. The Bertz CT molecular complexity index is 881. The zero-order chi connectivity index (χ0) is 18.7. The van der Waals surface area contributed by atoms with E-state index in [-0.39, 0.29) is 5.56 Å². The molecule has 0 bridgehead atoms. The van der Waals surface area contributed by atoms with Gasteiger partial charge in [0.1, 0.15) is 5.00 Å². The number of fused-ring (bicyclic) bond motifs is 1. The minimum Gasteiger partial charge on any atom is -0.452 e. The quantitative estimate of drug-likeness (QED) is 0.698. The number of hydrogen-bond donors (Lipinski definition) is 2. The number of halogens is 1. The summed E-state index contributed by atoms with van der Waals surface area (Å²) >= 11 is 4.57. The van der Waals surface area contributed by atoms with Gasteiger partial charge in [0.2, 0.25) is 0 Å². The highest BCUT2D eigenvalue weighted by Gasteiger charge is 2.25. The molecule has 3 rings (SSSR count). The van der Waals surface area contributed by atoms with Gasteiger partial charge in [-0.1, -0.05) is 0 Å². The maximum absolute atomic E-state index is 12.1. The van der Waals surface area contributed by atoms with Crippen molar-refractivity contribution >= 4 is 50.1 Å². The minimum atomic E-state index is -0.658. The van der Waals surface area contributed by atoms with Crippen LogP contribution < -0.4 is 11.1 Å². The Morgan fingerprint density at radius 1 is 1.27 bits per heavy atom. The number of thiophene rings is 1. The maximum atomic E-state index is 12.1. The maximum Gasteiger partial charge on any atom is 0.340 e. The number of rotatable bonds is 5. The number of nitrogens with zero attached hydrogens (tertiary/aromatic N) is 1. The van der Waals surface area contributed by atoms with Crippen molar-refractivity contribution in [2.45, 2.75) is 25.7 Å². The summed E-state index contributed by atoms with van der Waals surface area (Å²) in [5, 5.41) is 3.07. The predicted octanol–water partition coefficient (Wildman–Crippen LogP) is 2.68. The molecule has 2 amide bonds. The average molecular weight is 438 g/mol. The predicted molar refractivity (Wildman–Crippen MR) is 100 cm³/mol. The Kier molecular flexibility index (Phi) is 5.67. The van der Waals surface area contributed by atoms with Crippen LogP contribution in [-0.4, -0.2) is 29.4 Å². The van der Waals surface area contributed by atoms with Crippen LogP contribution in [0.3, 0.4) is 0 Å². The highest BCUT2D eigenvalue weighted by atomic mass is 79.9. The first kappa shape index (κ1) is 18.5. The molecular formula is C17H16BrN3O4S. The van der Waals surface area contributed by atoms with E-state index in [9.17, 15) is 14.4 Å². The number of nitrogens with two attached hydrogens (primary N) is 1. The molecule has 0 fully saturated rings. The first-order valence-corrected chi connectivity index (χ1v) is 9.58. The summed E-state index contributed by atoms with van der Waals surface area (Å²) < 4.78 is 5.63. The third-order valence-corrected chi connectivity index (χ3v) is 5.59. The van der Waals surface area contributed by atoms with E-state index < -0.39 is 24.4 Å². The van der Waals surface area contributed by atoms with E-state index >= 15 is 0 Å². The highest BCUT2D eigenvalue weighted by molar-refractivity contribution is 9.10. The van der Waals surface area contributed by atoms with Crippen LogP contribution in [0.25, 0.3) is 0 Å². The van der Waals surface area contributed by atoms with Crippen LogP contribution in [0.2, 0.25) is 0 Å². The summed E-state index contributed by atoms with van der Waals surface area (Å²) in [4.78, 5) is 40.8. The van der Waals surface area contributed by atoms with Crippen molar-refractivity contribution < 1.29 is 19.1 Å². The van der Waals surface area contributed by atoms with E-state index in [1.165, 1.54) is 23.7 Å². The molecule has 136 valence electrons. The number of anilines is 1. The van der Waals surface area contributed by atoms with E-state index in [2.05, 4.69) is 26.2 Å². The van der Waals surface area contributed by atoms with Gasteiger partial charge in [-0.2, -0.15) is 0 Å². The number of aryl methyl sites for hydroxylation is 1. The SMILES string of the molecule is NC(=O)c1c(NC(=O)COC(=O)c2cncc(Br)c2)sc2c1CCCC2. The number of amides is 2. The van der Waals surface area contributed by atoms with Gasteiger partial charge in [0.15, 0.2) is 6.61 Å². The fourth-order valence-corrected chi connectivity index (χ4v) is 4.49. The van der Waals surface area contributed by atoms with Gasteiger partial charge in [0, 0.05) is 21.7 Å². The summed E-state index contributed by atoms with van der Waals surface area (Å²) in [5.41, 5.74) is 7.03. The van der Waals surface area contributed by atoms with Gasteiger partial charge in [0.25, 0.3) is 11.8 Å². The van der Waals surface area contributed by atoms with Gasteiger partial charge in [-0.3, -0.25) is 14.6 Å². The second-order valence-corrected chi connectivity index (χ2v) is 7.82. The molecule has 2 aromatic rings. The van der Waals surface area contributed by atoms with Crippen molar-refractivity contribution in [3.8, 4) is 0 Å². The second-order valence-electron chi connectivity index (χ2n) is 5.80. The number of aromatic nitrogens is 1. The van der Waals surface area contributed by atoms with Gasteiger partial charge in [-0.05, 0) is 53.2 Å². The van der Waals surface area contributed by atoms with Gasteiger partial charge < -0.3 is 15.8 Å². The lowest BCUT2D eigenvalue weighted by atomic mass is 9.95. The zero-order valence-electron chi connectivity index (χ0n) is 13.7. The van der Waals surface area contributed by atoms with Crippen LogP contribution in [0.5, 0.6) is 0 Å². The molecule has 0 spiro atoms. The summed E-state index contributed by atoms with van der Waals surface area (Å²) in [5.74, 6) is -1.74.